The first kappa shape index (κ1) is 25.0. The Kier molecular flexibility index (Phi) is 11.7. The van der Waals surface area contributed by atoms with Crippen molar-refractivity contribution >= 4 is 0 Å². The minimum Gasteiger partial charge on any atom is -0.0654 e. The van der Waals surface area contributed by atoms with Crippen LogP contribution in [-0.2, 0) is 0 Å². The summed E-state index contributed by atoms with van der Waals surface area (Å²) in [6.45, 7) is 24.8. The van der Waals surface area contributed by atoms with Gasteiger partial charge in [0.15, 0.2) is 0 Å². The zero-order chi connectivity index (χ0) is 19.7. The molecule has 0 aromatic heterocycles. The molecule has 0 radical (unpaired) electrons. The van der Waals surface area contributed by atoms with Crippen molar-refractivity contribution in [2.45, 2.75) is 127 Å². The van der Waals surface area contributed by atoms with Crippen molar-refractivity contribution < 1.29 is 0 Å². The zero-order valence-corrected chi connectivity index (χ0v) is 19.7. The molecule has 0 aliphatic heterocycles. The van der Waals surface area contributed by atoms with Crippen molar-refractivity contribution in [1.29, 1.82) is 0 Å². The second-order valence-electron chi connectivity index (χ2n) is 10.1. The minimum atomic E-state index is 0.384. The van der Waals surface area contributed by atoms with Gasteiger partial charge < -0.3 is 0 Å². The number of hydrogen-bond donors (Lipinski definition) is 0. The molecule has 3 unspecified atom stereocenters. The molecule has 0 saturated carbocycles. The fourth-order valence-corrected chi connectivity index (χ4v) is 5.49. The molecule has 0 aliphatic carbocycles. The maximum Gasteiger partial charge on any atom is -0.0190 e. The second-order valence-corrected chi connectivity index (χ2v) is 10.1. The van der Waals surface area contributed by atoms with E-state index in [2.05, 4.69) is 69.2 Å². The molecule has 0 aromatic carbocycles. The fourth-order valence-electron chi connectivity index (χ4n) is 5.49. The molecule has 152 valence electrons. The lowest BCUT2D eigenvalue weighted by atomic mass is 9.47. The van der Waals surface area contributed by atoms with E-state index in [1.165, 1.54) is 57.8 Å². The van der Waals surface area contributed by atoms with Crippen LogP contribution >= 0.6 is 0 Å². The Bertz CT molecular complexity index is 325. The van der Waals surface area contributed by atoms with Crippen LogP contribution in [0.2, 0.25) is 0 Å². The highest BCUT2D eigenvalue weighted by atomic mass is 14.6. The van der Waals surface area contributed by atoms with Gasteiger partial charge in [0.25, 0.3) is 0 Å². The maximum absolute atomic E-state index is 2.58. The SMILES string of the molecule is CCCCCCCC(CC)C(CC(C)CC)(C(C)C)C(C)(C)C(C)C. The molecule has 0 amide bonds. The summed E-state index contributed by atoms with van der Waals surface area (Å²) in [6.07, 6.45) is 12.6. The van der Waals surface area contributed by atoms with Crippen LogP contribution in [0.4, 0.5) is 0 Å². The average Bonchev–Trinajstić information content (AvgIpc) is 2.55. The quantitative estimate of drug-likeness (QED) is 0.273. The third kappa shape index (κ3) is 6.28. The largest absolute Gasteiger partial charge is 0.0654 e. The lowest BCUT2D eigenvalue weighted by Gasteiger charge is -2.58. The third-order valence-electron chi connectivity index (χ3n) is 7.93. The first-order chi connectivity index (χ1) is 11.6. The number of unbranched alkanes of at least 4 members (excludes halogenated alkanes) is 4. The molecule has 0 aromatic rings. The summed E-state index contributed by atoms with van der Waals surface area (Å²) in [5.41, 5.74) is 0.838. The van der Waals surface area contributed by atoms with Gasteiger partial charge in [-0.2, -0.15) is 0 Å². The van der Waals surface area contributed by atoms with E-state index in [0.717, 1.165) is 23.7 Å². The molecule has 0 spiro atoms. The number of hydrogen-bond acceptors (Lipinski definition) is 0. The summed E-state index contributed by atoms with van der Waals surface area (Å²) >= 11 is 0. The van der Waals surface area contributed by atoms with Crippen molar-refractivity contribution in [2.24, 2.45) is 34.5 Å². The summed E-state index contributed by atoms with van der Waals surface area (Å²) in [4.78, 5) is 0. The second kappa shape index (κ2) is 11.7. The predicted molar refractivity (Wildman–Crippen MR) is 117 cm³/mol. The van der Waals surface area contributed by atoms with Gasteiger partial charge in [0.2, 0.25) is 0 Å². The molecule has 0 aliphatic rings. The van der Waals surface area contributed by atoms with Crippen molar-refractivity contribution in [2.75, 3.05) is 0 Å². The Balaban J connectivity index is 5.63. The lowest BCUT2D eigenvalue weighted by Crippen LogP contribution is -2.51. The summed E-state index contributed by atoms with van der Waals surface area (Å²) < 4.78 is 0. The van der Waals surface area contributed by atoms with Gasteiger partial charge in [-0.15, -0.1) is 0 Å². The Morgan fingerprint density at radius 2 is 1.24 bits per heavy atom. The summed E-state index contributed by atoms with van der Waals surface area (Å²) in [5.74, 6) is 3.17. The van der Waals surface area contributed by atoms with E-state index in [-0.39, 0.29) is 0 Å². The molecule has 25 heavy (non-hydrogen) atoms. The summed E-state index contributed by atoms with van der Waals surface area (Å²) in [7, 11) is 0. The van der Waals surface area contributed by atoms with Crippen LogP contribution in [0.3, 0.4) is 0 Å². The smallest absolute Gasteiger partial charge is 0.0190 e. The highest BCUT2D eigenvalue weighted by Gasteiger charge is 2.52. The summed E-state index contributed by atoms with van der Waals surface area (Å²) in [6, 6.07) is 0. The van der Waals surface area contributed by atoms with Crippen molar-refractivity contribution in [1.82, 2.24) is 0 Å². The molecule has 0 heteroatoms. The van der Waals surface area contributed by atoms with Crippen LogP contribution in [0.1, 0.15) is 127 Å². The molecule has 0 rings (SSSR count). The Labute approximate surface area is 161 Å². The van der Waals surface area contributed by atoms with Gasteiger partial charge >= 0.3 is 0 Å². The molecule has 0 heterocycles. The Hall–Kier alpha value is 0. The van der Waals surface area contributed by atoms with Gasteiger partial charge in [-0.1, -0.05) is 114 Å². The molecule has 0 bridgehead atoms. The van der Waals surface area contributed by atoms with E-state index in [4.69, 9.17) is 0 Å². The van der Waals surface area contributed by atoms with Gasteiger partial charge in [-0.25, -0.2) is 0 Å². The molecule has 3 atom stereocenters. The molecular weight excluding hydrogens is 300 g/mol. The fraction of sp³-hybridized carbons (Fsp3) is 1.00. The first-order valence-electron chi connectivity index (χ1n) is 11.6. The first-order valence-corrected chi connectivity index (χ1v) is 11.6. The van der Waals surface area contributed by atoms with E-state index in [9.17, 15) is 0 Å². The van der Waals surface area contributed by atoms with E-state index in [0.29, 0.717) is 10.8 Å². The van der Waals surface area contributed by atoms with E-state index in [1.54, 1.807) is 0 Å². The maximum atomic E-state index is 2.58. The monoisotopic (exact) mass is 352 g/mol. The van der Waals surface area contributed by atoms with E-state index >= 15 is 0 Å². The summed E-state index contributed by atoms with van der Waals surface area (Å²) in [5, 5.41) is 0. The van der Waals surface area contributed by atoms with Crippen molar-refractivity contribution in [3.8, 4) is 0 Å². The van der Waals surface area contributed by atoms with Crippen LogP contribution in [-0.4, -0.2) is 0 Å². The highest BCUT2D eigenvalue weighted by molar-refractivity contribution is 5.01. The van der Waals surface area contributed by atoms with E-state index < -0.39 is 0 Å². The van der Waals surface area contributed by atoms with Crippen molar-refractivity contribution in [3.05, 3.63) is 0 Å². The average molecular weight is 353 g/mol. The molecule has 0 nitrogen and oxygen atoms in total. The van der Waals surface area contributed by atoms with Crippen LogP contribution in [0.5, 0.6) is 0 Å². The van der Waals surface area contributed by atoms with Gasteiger partial charge in [-0.05, 0) is 47.3 Å². The van der Waals surface area contributed by atoms with Gasteiger partial charge in [-0.3, -0.25) is 0 Å². The molecule has 0 fully saturated rings. The van der Waals surface area contributed by atoms with Gasteiger partial charge in [0.1, 0.15) is 0 Å². The van der Waals surface area contributed by atoms with E-state index in [1.807, 2.05) is 0 Å². The Morgan fingerprint density at radius 3 is 1.64 bits per heavy atom. The van der Waals surface area contributed by atoms with Crippen LogP contribution in [0.15, 0.2) is 0 Å². The third-order valence-corrected chi connectivity index (χ3v) is 7.93. The number of rotatable bonds is 14. The highest BCUT2D eigenvalue weighted by Crippen LogP contribution is 2.59. The lowest BCUT2D eigenvalue weighted by molar-refractivity contribution is -0.0941. The standard InChI is InChI=1S/C25H52/c1-11-14-15-16-17-18-23(13-3)25(21(6)7,19-22(8)12-2)24(9,10)20(4)5/h20-23H,11-19H2,1-10H3. The molecule has 0 N–H and O–H groups in total. The molecular formula is C25H52. The van der Waals surface area contributed by atoms with Crippen LogP contribution in [0.25, 0.3) is 0 Å². The topological polar surface area (TPSA) is 0 Å². The van der Waals surface area contributed by atoms with Crippen molar-refractivity contribution in [3.63, 3.8) is 0 Å². The van der Waals surface area contributed by atoms with Gasteiger partial charge in [0.05, 0.1) is 0 Å². The minimum absolute atomic E-state index is 0.384. The van der Waals surface area contributed by atoms with Crippen LogP contribution < -0.4 is 0 Å². The van der Waals surface area contributed by atoms with Gasteiger partial charge in [0, 0.05) is 0 Å². The zero-order valence-electron chi connectivity index (χ0n) is 19.7. The van der Waals surface area contributed by atoms with Crippen LogP contribution in [0, 0.1) is 34.5 Å². The predicted octanol–water partition coefficient (Wildman–Crippen LogP) is 9.13. The molecule has 0 saturated heterocycles. The Morgan fingerprint density at radius 1 is 0.680 bits per heavy atom. The normalized spacial score (nSPS) is 17.8.